The van der Waals surface area contributed by atoms with Crippen molar-refractivity contribution in [3.05, 3.63) is 54.3 Å². The van der Waals surface area contributed by atoms with Crippen molar-refractivity contribution in [1.29, 1.82) is 0 Å². The van der Waals surface area contributed by atoms with E-state index in [1.54, 1.807) is 11.0 Å². The lowest BCUT2D eigenvalue weighted by atomic mass is 10.1. The molecule has 1 amide bonds. The molecule has 0 radical (unpaired) electrons. The maximum absolute atomic E-state index is 12.4. The first-order chi connectivity index (χ1) is 9.79. The van der Waals surface area contributed by atoms with E-state index in [4.69, 9.17) is 4.52 Å². The van der Waals surface area contributed by atoms with Gasteiger partial charge in [0.1, 0.15) is 5.69 Å². The lowest BCUT2D eigenvalue weighted by Gasteiger charge is -2.21. The topological polar surface area (TPSA) is 46.3 Å². The second-order valence-corrected chi connectivity index (χ2v) is 4.80. The smallest absolute Gasteiger partial charge is 0.293 e. The number of rotatable bonds is 3. The van der Waals surface area contributed by atoms with E-state index in [-0.39, 0.29) is 11.9 Å². The standard InChI is InChI=1S/C16H16N2O2/c1-2-13-9-6-10-18(13)16(19)15-11-14(17-20-15)12-7-4-3-5-8-12/h3-9,11,13H,2,10H2,1H3. The summed E-state index contributed by atoms with van der Waals surface area (Å²) < 4.78 is 5.22. The van der Waals surface area contributed by atoms with Gasteiger partial charge in [-0.05, 0) is 6.42 Å². The van der Waals surface area contributed by atoms with E-state index >= 15 is 0 Å². The molecule has 0 saturated carbocycles. The van der Waals surface area contributed by atoms with Crippen LogP contribution in [-0.4, -0.2) is 28.6 Å². The van der Waals surface area contributed by atoms with Gasteiger partial charge in [0.2, 0.25) is 5.76 Å². The molecule has 0 spiro atoms. The van der Waals surface area contributed by atoms with Crippen LogP contribution in [0.1, 0.15) is 23.9 Å². The molecule has 0 saturated heterocycles. The van der Waals surface area contributed by atoms with E-state index < -0.39 is 0 Å². The van der Waals surface area contributed by atoms with Crippen LogP contribution in [0.4, 0.5) is 0 Å². The van der Waals surface area contributed by atoms with Gasteiger partial charge in [0, 0.05) is 18.2 Å². The summed E-state index contributed by atoms with van der Waals surface area (Å²) in [6.07, 6.45) is 4.98. The molecule has 1 aromatic heterocycles. The maximum Gasteiger partial charge on any atom is 0.293 e. The third-order valence-electron chi connectivity index (χ3n) is 3.53. The molecule has 20 heavy (non-hydrogen) atoms. The van der Waals surface area contributed by atoms with Crippen molar-refractivity contribution in [3.8, 4) is 11.3 Å². The average Bonchev–Trinajstić information content (AvgIpc) is 3.16. The zero-order valence-electron chi connectivity index (χ0n) is 11.3. The number of hydrogen-bond acceptors (Lipinski definition) is 3. The van der Waals surface area contributed by atoms with Crippen molar-refractivity contribution in [2.75, 3.05) is 6.54 Å². The van der Waals surface area contributed by atoms with Crippen molar-refractivity contribution >= 4 is 5.91 Å². The summed E-state index contributed by atoms with van der Waals surface area (Å²) in [5.41, 5.74) is 1.64. The van der Waals surface area contributed by atoms with Gasteiger partial charge in [0.25, 0.3) is 5.91 Å². The van der Waals surface area contributed by atoms with Crippen molar-refractivity contribution in [2.45, 2.75) is 19.4 Å². The first kappa shape index (κ1) is 12.7. The van der Waals surface area contributed by atoms with Crippen LogP contribution in [0.3, 0.4) is 0 Å². The summed E-state index contributed by atoms with van der Waals surface area (Å²) in [5.74, 6) is 0.197. The molecule has 102 valence electrons. The Morgan fingerprint density at radius 3 is 2.95 bits per heavy atom. The number of benzene rings is 1. The minimum Gasteiger partial charge on any atom is -0.350 e. The molecular weight excluding hydrogens is 252 g/mol. The van der Waals surface area contributed by atoms with Crippen LogP contribution in [0, 0.1) is 0 Å². The third kappa shape index (κ3) is 2.25. The largest absolute Gasteiger partial charge is 0.350 e. The van der Waals surface area contributed by atoms with Crippen LogP contribution in [0.2, 0.25) is 0 Å². The van der Waals surface area contributed by atoms with Gasteiger partial charge < -0.3 is 9.42 Å². The molecule has 0 N–H and O–H groups in total. The van der Waals surface area contributed by atoms with Gasteiger partial charge in [-0.3, -0.25) is 4.79 Å². The Labute approximate surface area is 117 Å². The average molecular weight is 268 g/mol. The minimum absolute atomic E-state index is 0.100. The molecular formula is C16H16N2O2. The first-order valence-corrected chi connectivity index (χ1v) is 6.79. The third-order valence-corrected chi connectivity index (χ3v) is 3.53. The molecule has 1 aliphatic heterocycles. The van der Waals surface area contributed by atoms with Crippen LogP contribution in [0.15, 0.2) is 53.1 Å². The van der Waals surface area contributed by atoms with Crippen molar-refractivity contribution in [3.63, 3.8) is 0 Å². The molecule has 0 fully saturated rings. The molecule has 1 aliphatic rings. The van der Waals surface area contributed by atoms with E-state index in [9.17, 15) is 4.79 Å². The van der Waals surface area contributed by atoms with E-state index in [0.717, 1.165) is 12.0 Å². The Hall–Kier alpha value is -2.36. The number of hydrogen-bond donors (Lipinski definition) is 0. The summed E-state index contributed by atoms with van der Waals surface area (Å²) in [5, 5.41) is 3.99. The van der Waals surface area contributed by atoms with E-state index in [0.29, 0.717) is 18.0 Å². The van der Waals surface area contributed by atoms with E-state index in [2.05, 4.69) is 18.2 Å². The highest BCUT2D eigenvalue weighted by Crippen LogP contribution is 2.22. The number of nitrogens with zero attached hydrogens (tertiary/aromatic N) is 2. The molecule has 2 aromatic rings. The monoisotopic (exact) mass is 268 g/mol. The van der Waals surface area contributed by atoms with Crippen LogP contribution in [0.5, 0.6) is 0 Å². The lowest BCUT2D eigenvalue weighted by molar-refractivity contribution is 0.0705. The highest BCUT2D eigenvalue weighted by molar-refractivity contribution is 5.93. The van der Waals surface area contributed by atoms with Gasteiger partial charge in [-0.25, -0.2) is 0 Å². The van der Waals surface area contributed by atoms with Gasteiger partial charge >= 0.3 is 0 Å². The molecule has 4 nitrogen and oxygen atoms in total. The molecule has 1 aromatic carbocycles. The van der Waals surface area contributed by atoms with Crippen molar-refractivity contribution < 1.29 is 9.32 Å². The van der Waals surface area contributed by atoms with Gasteiger partial charge in [-0.1, -0.05) is 54.6 Å². The molecule has 1 unspecified atom stereocenters. The molecule has 4 heteroatoms. The van der Waals surface area contributed by atoms with Crippen molar-refractivity contribution in [2.24, 2.45) is 0 Å². The number of carbonyl (C=O) groups excluding carboxylic acids is 1. The number of aromatic nitrogens is 1. The Morgan fingerprint density at radius 1 is 1.40 bits per heavy atom. The summed E-state index contributed by atoms with van der Waals surface area (Å²) >= 11 is 0. The Morgan fingerprint density at radius 2 is 2.20 bits per heavy atom. The molecule has 0 aliphatic carbocycles. The Kier molecular flexibility index (Phi) is 3.37. The van der Waals surface area contributed by atoms with E-state index in [1.165, 1.54) is 0 Å². The SMILES string of the molecule is CCC1C=CCN1C(=O)c1cc(-c2ccccc2)no1. The van der Waals surface area contributed by atoms with E-state index in [1.807, 2.05) is 36.4 Å². The maximum atomic E-state index is 12.4. The summed E-state index contributed by atoms with van der Waals surface area (Å²) in [7, 11) is 0. The van der Waals surface area contributed by atoms with Gasteiger partial charge in [-0.15, -0.1) is 0 Å². The molecule has 3 rings (SSSR count). The fraction of sp³-hybridized carbons (Fsp3) is 0.250. The number of carbonyl (C=O) groups is 1. The van der Waals surface area contributed by atoms with Crippen LogP contribution in [0.25, 0.3) is 11.3 Å². The van der Waals surface area contributed by atoms with Gasteiger partial charge in [0.15, 0.2) is 0 Å². The lowest BCUT2D eigenvalue weighted by Crippen LogP contribution is -2.35. The molecule has 0 bridgehead atoms. The predicted molar refractivity (Wildman–Crippen MR) is 76.2 cm³/mol. The summed E-state index contributed by atoms with van der Waals surface area (Å²) in [6, 6.07) is 11.6. The van der Waals surface area contributed by atoms with Gasteiger partial charge in [-0.2, -0.15) is 0 Å². The zero-order chi connectivity index (χ0) is 13.9. The second kappa shape index (κ2) is 5.33. The normalized spacial score (nSPS) is 17.6. The molecule has 2 heterocycles. The second-order valence-electron chi connectivity index (χ2n) is 4.80. The van der Waals surface area contributed by atoms with Crippen LogP contribution < -0.4 is 0 Å². The number of amides is 1. The highest BCUT2D eigenvalue weighted by atomic mass is 16.5. The predicted octanol–water partition coefficient (Wildman–Crippen LogP) is 3.13. The fourth-order valence-corrected chi connectivity index (χ4v) is 2.42. The fourth-order valence-electron chi connectivity index (χ4n) is 2.42. The van der Waals surface area contributed by atoms with Crippen LogP contribution >= 0.6 is 0 Å². The zero-order valence-corrected chi connectivity index (χ0v) is 11.3. The summed E-state index contributed by atoms with van der Waals surface area (Å²) in [4.78, 5) is 14.2. The molecule has 1 atom stereocenters. The minimum atomic E-state index is -0.100. The quantitative estimate of drug-likeness (QED) is 0.803. The van der Waals surface area contributed by atoms with Gasteiger partial charge in [0.05, 0.1) is 6.04 Å². The Balaban J connectivity index is 1.82. The Bertz CT molecular complexity index is 631. The van der Waals surface area contributed by atoms with Crippen molar-refractivity contribution in [1.82, 2.24) is 10.1 Å². The summed E-state index contributed by atoms with van der Waals surface area (Å²) in [6.45, 7) is 2.70. The first-order valence-electron chi connectivity index (χ1n) is 6.79. The highest BCUT2D eigenvalue weighted by Gasteiger charge is 2.27. The van der Waals surface area contributed by atoms with Crippen LogP contribution in [-0.2, 0) is 0 Å².